The molecule has 1 amide bonds. The molecule has 0 bridgehead atoms. The minimum absolute atomic E-state index is 0.0456. The lowest BCUT2D eigenvalue weighted by atomic mass is 9.85. The van der Waals surface area contributed by atoms with Crippen molar-refractivity contribution >= 4 is 5.91 Å². The number of ether oxygens (including phenoxy) is 2. The van der Waals surface area contributed by atoms with Crippen molar-refractivity contribution in [2.24, 2.45) is 17.6 Å². The summed E-state index contributed by atoms with van der Waals surface area (Å²) >= 11 is 0. The largest absolute Gasteiger partial charge is 0.493 e. The summed E-state index contributed by atoms with van der Waals surface area (Å²) in [6.45, 7) is 5.51. The smallest absolute Gasteiger partial charge is 0.223 e. The van der Waals surface area contributed by atoms with Gasteiger partial charge >= 0.3 is 0 Å². The van der Waals surface area contributed by atoms with Crippen molar-refractivity contribution in [3.05, 3.63) is 23.8 Å². The van der Waals surface area contributed by atoms with Crippen LogP contribution in [-0.4, -0.2) is 25.7 Å². The Kier molecular flexibility index (Phi) is 7.56. The first-order valence-corrected chi connectivity index (χ1v) is 9.32. The molecule has 5 nitrogen and oxygen atoms in total. The van der Waals surface area contributed by atoms with Gasteiger partial charge in [0.05, 0.1) is 13.7 Å². The van der Waals surface area contributed by atoms with Crippen LogP contribution in [0.1, 0.15) is 51.5 Å². The minimum Gasteiger partial charge on any atom is -0.493 e. The highest BCUT2D eigenvalue weighted by atomic mass is 16.5. The Morgan fingerprint density at radius 2 is 2.12 bits per heavy atom. The first-order chi connectivity index (χ1) is 12.0. The van der Waals surface area contributed by atoms with E-state index in [0.29, 0.717) is 24.8 Å². The molecule has 2 atom stereocenters. The molecule has 1 aromatic rings. The van der Waals surface area contributed by atoms with Crippen LogP contribution in [-0.2, 0) is 11.3 Å². The van der Waals surface area contributed by atoms with E-state index in [4.69, 9.17) is 15.2 Å². The molecule has 25 heavy (non-hydrogen) atoms. The maximum absolute atomic E-state index is 12.3. The Hall–Kier alpha value is -1.75. The second-order valence-electron chi connectivity index (χ2n) is 7.36. The Labute approximate surface area is 151 Å². The Bertz CT molecular complexity index is 560. The van der Waals surface area contributed by atoms with Crippen molar-refractivity contribution in [3.63, 3.8) is 0 Å². The molecule has 2 rings (SSSR count). The van der Waals surface area contributed by atoms with Crippen molar-refractivity contribution in [2.75, 3.05) is 13.7 Å². The number of carbonyl (C=O) groups excluding carboxylic acids is 1. The Balaban J connectivity index is 1.88. The van der Waals surface area contributed by atoms with Crippen LogP contribution in [0.3, 0.4) is 0 Å². The van der Waals surface area contributed by atoms with Crippen LogP contribution < -0.4 is 20.5 Å². The second kappa shape index (κ2) is 9.66. The van der Waals surface area contributed by atoms with Crippen molar-refractivity contribution < 1.29 is 14.3 Å². The van der Waals surface area contributed by atoms with Gasteiger partial charge in [0.1, 0.15) is 0 Å². The molecule has 0 saturated heterocycles. The topological polar surface area (TPSA) is 73.6 Å². The quantitative estimate of drug-likeness (QED) is 0.756. The molecule has 1 saturated carbocycles. The molecule has 0 spiro atoms. The molecule has 5 heteroatoms. The number of rotatable bonds is 8. The minimum atomic E-state index is 0.0456. The molecule has 0 radical (unpaired) electrons. The van der Waals surface area contributed by atoms with Gasteiger partial charge in [-0.3, -0.25) is 4.79 Å². The number of carbonyl (C=O) groups is 1. The Morgan fingerprint density at radius 1 is 1.32 bits per heavy atom. The van der Waals surface area contributed by atoms with Crippen LogP contribution in [0.25, 0.3) is 0 Å². The molecule has 0 aliphatic heterocycles. The van der Waals surface area contributed by atoms with E-state index < -0.39 is 0 Å². The van der Waals surface area contributed by atoms with E-state index in [1.807, 2.05) is 18.2 Å². The lowest BCUT2D eigenvalue weighted by molar-refractivity contribution is -0.126. The van der Waals surface area contributed by atoms with Gasteiger partial charge in [0.2, 0.25) is 5.91 Å². The van der Waals surface area contributed by atoms with Crippen molar-refractivity contribution in [1.82, 2.24) is 5.32 Å². The maximum atomic E-state index is 12.3. The predicted molar refractivity (Wildman–Crippen MR) is 99.7 cm³/mol. The highest BCUT2D eigenvalue weighted by Crippen LogP contribution is 2.29. The molecule has 0 aromatic heterocycles. The third-order valence-corrected chi connectivity index (χ3v) is 4.73. The number of nitrogens with one attached hydrogen (secondary N) is 1. The fourth-order valence-corrected chi connectivity index (χ4v) is 3.15. The zero-order chi connectivity index (χ0) is 18.2. The molecule has 1 aliphatic rings. The molecule has 3 N–H and O–H groups in total. The number of amides is 1. The summed E-state index contributed by atoms with van der Waals surface area (Å²) in [6, 6.07) is 5.97. The van der Waals surface area contributed by atoms with Crippen LogP contribution in [0.4, 0.5) is 0 Å². The van der Waals surface area contributed by atoms with Crippen LogP contribution in [0.2, 0.25) is 0 Å². The average molecular weight is 348 g/mol. The normalized spacial score (nSPS) is 20.4. The van der Waals surface area contributed by atoms with Gasteiger partial charge in [-0.2, -0.15) is 0 Å². The molecule has 0 heterocycles. The van der Waals surface area contributed by atoms with Gasteiger partial charge in [0.25, 0.3) is 0 Å². The van der Waals surface area contributed by atoms with E-state index in [2.05, 4.69) is 19.2 Å². The Morgan fingerprint density at radius 3 is 2.80 bits per heavy atom. The van der Waals surface area contributed by atoms with Crippen molar-refractivity contribution in [3.8, 4) is 11.5 Å². The first kappa shape index (κ1) is 19.6. The van der Waals surface area contributed by atoms with Gasteiger partial charge in [-0.1, -0.05) is 26.3 Å². The summed E-state index contributed by atoms with van der Waals surface area (Å²) in [5.74, 6) is 2.20. The van der Waals surface area contributed by atoms with E-state index >= 15 is 0 Å². The van der Waals surface area contributed by atoms with Crippen molar-refractivity contribution in [2.45, 2.75) is 58.5 Å². The van der Waals surface area contributed by atoms with Crippen LogP contribution in [0.5, 0.6) is 11.5 Å². The average Bonchev–Trinajstić information content (AvgIpc) is 2.60. The van der Waals surface area contributed by atoms with Crippen LogP contribution >= 0.6 is 0 Å². The molecule has 140 valence electrons. The number of benzene rings is 1. The van der Waals surface area contributed by atoms with E-state index in [-0.39, 0.29) is 17.9 Å². The highest BCUT2D eigenvalue weighted by molar-refractivity contribution is 5.78. The zero-order valence-electron chi connectivity index (χ0n) is 15.7. The molecule has 2 unspecified atom stereocenters. The lowest BCUT2D eigenvalue weighted by Gasteiger charge is -2.25. The van der Waals surface area contributed by atoms with Gasteiger partial charge in [0, 0.05) is 18.5 Å². The van der Waals surface area contributed by atoms with Gasteiger partial charge in [-0.05, 0) is 49.3 Å². The monoisotopic (exact) mass is 348 g/mol. The third kappa shape index (κ3) is 6.24. The summed E-state index contributed by atoms with van der Waals surface area (Å²) in [5, 5.41) is 3.03. The summed E-state index contributed by atoms with van der Waals surface area (Å²) in [6.07, 6.45) is 4.79. The van der Waals surface area contributed by atoms with E-state index in [0.717, 1.165) is 43.4 Å². The fourth-order valence-electron chi connectivity index (χ4n) is 3.15. The number of hydrogen-bond donors (Lipinski definition) is 2. The summed E-state index contributed by atoms with van der Waals surface area (Å²) < 4.78 is 11.2. The first-order valence-electron chi connectivity index (χ1n) is 9.32. The molecule has 1 aromatic carbocycles. The zero-order valence-corrected chi connectivity index (χ0v) is 15.7. The second-order valence-corrected chi connectivity index (χ2v) is 7.36. The summed E-state index contributed by atoms with van der Waals surface area (Å²) in [5.41, 5.74) is 6.97. The van der Waals surface area contributed by atoms with E-state index in [9.17, 15) is 4.79 Å². The predicted octanol–water partition coefficient (Wildman–Crippen LogP) is 3.25. The number of hydrogen-bond acceptors (Lipinski definition) is 4. The fraction of sp³-hybridized carbons (Fsp3) is 0.650. The van der Waals surface area contributed by atoms with E-state index in [1.165, 1.54) is 0 Å². The number of nitrogens with two attached hydrogens (primary N) is 1. The highest BCUT2D eigenvalue weighted by Gasteiger charge is 2.25. The van der Waals surface area contributed by atoms with Gasteiger partial charge < -0.3 is 20.5 Å². The van der Waals surface area contributed by atoms with Crippen LogP contribution in [0.15, 0.2) is 18.2 Å². The third-order valence-electron chi connectivity index (χ3n) is 4.73. The molecule has 1 aliphatic carbocycles. The van der Waals surface area contributed by atoms with Gasteiger partial charge in [-0.15, -0.1) is 0 Å². The molecular weight excluding hydrogens is 316 g/mol. The maximum Gasteiger partial charge on any atom is 0.223 e. The van der Waals surface area contributed by atoms with Crippen LogP contribution in [0, 0.1) is 11.8 Å². The van der Waals surface area contributed by atoms with Gasteiger partial charge in [0.15, 0.2) is 11.5 Å². The number of methoxy groups -OCH3 is 1. The summed E-state index contributed by atoms with van der Waals surface area (Å²) in [4.78, 5) is 12.3. The van der Waals surface area contributed by atoms with Crippen molar-refractivity contribution in [1.29, 1.82) is 0 Å². The molecular formula is C20H32N2O3. The molecule has 1 fully saturated rings. The standard InChI is InChI=1S/C20H32N2O3/c1-14(2)9-10-25-18-8-7-15(11-19(18)24-3)13-22-20(23)16-5-4-6-17(21)12-16/h7-8,11,14,16-17H,4-6,9-10,12-13,21H2,1-3H3,(H,22,23). The van der Waals surface area contributed by atoms with Gasteiger partial charge in [-0.25, -0.2) is 0 Å². The SMILES string of the molecule is COc1cc(CNC(=O)C2CCCC(N)C2)ccc1OCCC(C)C. The van der Waals surface area contributed by atoms with E-state index in [1.54, 1.807) is 7.11 Å². The lowest BCUT2D eigenvalue weighted by Crippen LogP contribution is -2.37. The summed E-state index contributed by atoms with van der Waals surface area (Å²) in [7, 11) is 1.64.